The van der Waals surface area contributed by atoms with Gasteiger partial charge >= 0.3 is 5.97 Å². The Morgan fingerprint density at radius 1 is 1.15 bits per heavy atom. The lowest BCUT2D eigenvalue weighted by Crippen LogP contribution is -2.05. The first-order valence-electron chi connectivity index (χ1n) is 9.16. The summed E-state index contributed by atoms with van der Waals surface area (Å²) in [6.07, 6.45) is 5.92. The average Bonchev–Trinajstić information content (AvgIpc) is 2.67. The normalized spacial score (nSPS) is 9.88. The van der Waals surface area contributed by atoms with Crippen molar-refractivity contribution in [1.82, 2.24) is 4.98 Å². The molecule has 0 aliphatic heterocycles. The number of carbonyl (C=O) groups is 1. The Kier molecular flexibility index (Phi) is 8.79. The number of benzene rings is 1. The van der Waals surface area contributed by atoms with Gasteiger partial charge in [-0.15, -0.1) is 0 Å². The van der Waals surface area contributed by atoms with Crippen LogP contribution in [0.3, 0.4) is 0 Å². The Morgan fingerprint density at radius 3 is 2.73 bits per heavy atom. The Labute approximate surface area is 156 Å². The number of carbonyl (C=O) groups excluding carboxylic acids is 1. The third-order valence-corrected chi connectivity index (χ3v) is 3.82. The molecule has 1 N–H and O–H groups in total. The zero-order chi connectivity index (χ0) is 18.5. The predicted octanol–water partition coefficient (Wildman–Crippen LogP) is 4.21. The Bertz CT molecular complexity index is 715. The standard InChI is InChI=1S/C22H26N2O2/c1-2-26-22(25)16-13-19-11-14-21(15-12-19)24-17-7-4-3-5-9-20-10-6-8-18-23-20/h6,8,10-12,14-15,18,24H,2-4,7,13,16-17H2,1H3. The molecule has 26 heavy (non-hydrogen) atoms. The molecule has 2 rings (SSSR count). The van der Waals surface area contributed by atoms with Crippen LogP contribution in [0.25, 0.3) is 0 Å². The van der Waals surface area contributed by atoms with Gasteiger partial charge in [0.15, 0.2) is 0 Å². The highest BCUT2D eigenvalue weighted by Crippen LogP contribution is 2.11. The predicted molar refractivity (Wildman–Crippen MR) is 105 cm³/mol. The highest BCUT2D eigenvalue weighted by Gasteiger charge is 2.02. The number of unbranched alkanes of at least 4 members (excludes halogenated alkanes) is 2. The number of rotatable bonds is 9. The maximum Gasteiger partial charge on any atom is 0.306 e. The Hall–Kier alpha value is -2.80. The van der Waals surface area contributed by atoms with E-state index in [-0.39, 0.29) is 5.97 Å². The second-order valence-corrected chi connectivity index (χ2v) is 5.90. The summed E-state index contributed by atoms with van der Waals surface area (Å²) < 4.78 is 4.94. The summed E-state index contributed by atoms with van der Waals surface area (Å²) in [6, 6.07) is 14.0. The second-order valence-electron chi connectivity index (χ2n) is 5.90. The van der Waals surface area contributed by atoms with E-state index < -0.39 is 0 Å². The van der Waals surface area contributed by atoms with Crippen LogP contribution >= 0.6 is 0 Å². The van der Waals surface area contributed by atoms with Gasteiger partial charge in [-0.05, 0) is 61.9 Å². The maximum absolute atomic E-state index is 11.4. The van der Waals surface area contributed by atoms with Crippen molar-refractivity contribution in [3.05, 3.63) is 59.9 Å². The molecule has 136 valence electrons. The summed E-state index contributed by atoms with van der Waals surface area (Å²) in [7, 11) is 0. The zero-order valence-corrected chi connectivity index (χ0v) is 15.3. The fourth-order valence-electron chi connectivity index (χ4n) is 2.43. The molecule has 0 aliphatic carbocycles. The molecule has 0 saturated heterocycles. The molecule has 4 heteroatoms. The van der Waals surface area contributed by atoms with Gasteiger partial charge in [-0.1, -0.05) is 24.1 Å². The third-order valence-electron chi connectivity index (χ3n) is 3.82. The van der Waals surface area contributed by atoms with Crippen molar-refractivity contribution in [3.8, 4) is 11.8 Å². The summed E-state index contributed by atoms with van der Waals surface area (Å²) in [4.78, 5) is 15.5. The van der Waals surface area contributed by atoms with Gasteiger partial charge in [0.25, 0.3) is 0 Å². The minimum Gasteiger partial charge on any atom is -0.466 e. The van der Waals surface area contributed by atoms with Crippen molar-refractivity contribution in [2.45, 2.75) is 39.0 Å². The lowest BCUT2D eigenvalue weighted by molar-refractivity contribution is -0.143. The van der Waals surface area contributed by atoms with E-state index in [9.17, 15) is 4.79 Å². The first-order chi connectivity index (χ1) is 12.8. The van der Waals surface area contributed by atoms with E-state index in [1.807, 2.05) is 25.1 Å². The van der Waals surface area contributed by atoms with Crippen molar-refractivity contribution in [2.24, 2.45) is 0 Å². The molecule has 1 heterocycles. The number of aromatic nitrogens is 1. The molecule has 0 spiro atoms. The molecule has 0 fully saturated rings. The van der Waals surface area contributed by atoms with Crippen molar-refractivity contribution in [2.75, 3.05) is 18.5 Å². The molecule has 0 unspecified atom stereocenters. The van der Waals surface area contributed by atoms with Crippen LogP contribution in [0.5, 0.6) is 0 Å². The molecule has 0 radical (unpaired) electrons. The van der Waals surface area contributed by atoms with Crippen LogP contribution in [-0.2, 0) is 16.0 Å². The van der Waals surface area contributed by atoms with Gasteiger partial charge < -0.3 is 10.1 Å². The van der Waals surface area contributed by atoms with Gasteiger partial charge in [-0.3, -0.25) is 4.79 Å². The summed E-state index contributed by atoms with van der Waals surface area (Å²) >= 11 is 0. The molecule has 0 aliphatic rings. The highest BCUT2D eigenvalue weighted by molar-refractivity contribution is 5.69. The number of hydrogen-bond donors (Lipinski definition) is 1. The van der Waals surface area contributed by atoms with Crippen molar-refractivity contribution >= 4 is 11.7 Å². The van der Waals surface area contributed by atoms with E-state index in [1.54, 1.807) is 6.20 Å². The number of nitrogens with one attached hydrogen (secondary N) is 1. The Balaban J connectivity index is 1.59. The monoisotopic (exact) mass is 350 g/mol. The fourth-order valence-corrected chi connectivity index (χ4v) is 2.43. The molecule has 0 bridgehead atoms. The lowest BCUT2D eigenvalue weighted by atomic mass is 10.1. The molecule has 1 aromatic carbocycles. The van der Waals surface area contributed by atoms with Gasteiger partial charge in [-0.2, -0.15) is 0 Å². The lowest BCUT2D eigenvalue weighted by Gasteiger charge is -2.07. The van der Waals surface area contributed by atoms with Gasteiger partial charge in [0.1, 0.15) is 5.69 Å². The smallest absolute Gasteiger partial charge is 0.306 e. The molecule has 4 nitrogen and oxygen atoms in total. The molecule has 0 amide bonds. The average molecular weight is 350 g/mol. The number of anilines is 1. The minimum absolute atomic E-state index is 0.138. The van der Waals surface area contributed by atoms with Crippen LogP contribution in [-0.4, -0.2) is 24.1 Å². The number of ether oxygens (including phenoxy) is 1. The summed E-state index contributed by atoms with van der Waals surface area (Å²) in [6.45, 7) is 3.19. The highest BCUT2D eigenvalue weighted by atomic mass is 16.5. The first kappa shape index (κ1) is 19.5. The number of aryl methyl sites for hydroxylation is 1. The van der Waals surface area contributed by atoms with Crippen LogP contribution in [0.4, 0.5) is 5.69 Å². The third kappa shape index (κ3) is 7.85. The van der Waals surface area contributed by atoms with Crippen molar-refractivity contribution < 1.29 is 9.53 Å². The SMILES string of the molecule is CCOC(=O)CCc1ccc(NCCCCC#Cc2ccccn2)cc1. The Morgan fingerprint density at radius 2 is 2.00 bits per heavy atom. The van der Waals surface area contributed by atoms with E-state index in [2.05, 4.69) is 46.4 Å². The van der Waals surface area contributed by atoms with Gasteiger partial charge in [0.2, 0.25) is 0 Å². The molecule has 0 saturated carbocycles. The molecular formula is C22H26N2O2. The van der Waals surface area contributed by atoms with E-state index in [4.69, 9.17) is 4.74 Å². The topological polar surface area (TPSA) is 51.2 Å². The number of pyridine rings is 1. The fraction of sp³-hybridized carbons (Fsp3) is 0.364. The van der Waals surface area contributed by atoms with Crippen molar-refractivity contribution in [3.63, 3.8) is 0 Å². The van der Waals surface area contributed by atoms with Crippen LogP contribution in [0, 0.1) is 11.8 Å². The summed E-state index contributed by atoms with van der Waals surface area (Å²) in [5.74, 6) is 6.10. The number of hydrogen-bond acceptors (Lipinski definition) is 4. The molecule has 1 aromatic heterocycles. The van der Waals surface area contributed by atoms with E-state index in [0.717, 1.165) is 42.8 Å². The molecule has 2 aromatic rings. The zero-order valence-electron chi connectivity index (χ0n) is 15.3. The summed E-state index contributed by atoms with van der Waals surface area (Å²) in [5, 5.41) is 3.41. The van der Waals surface area contributed by atoms with Gasteiger partial charge in [0.05, 0.1) is 6.61 Å². The quantitative estimate of drug-likeness (QED) is 0.418. The minimum atomic E-state index is -0.138. The van der Waals surface area contributed by atoms with Crippen molar-refractivity contribution in [1.29, 1.82) is 0 Å². The second kappa shape index (κ2) is 11.7. The first-order valence-corrected chi connectivity index (χ1v) is 9.16. The van der Waals surface area contributed by atoms with E-state index in [0.29, 0.717) is 19.4 Å². The number of nitrogens with zero attached hydrogens (tertiary/aromatic N) is 1. The van der Waals surface area contributed by atoms with Crippen LogP contribution in [0.15, 0.2) is 48.7 Å². The van der Waals surface area contributed by atoms with Crippen LogP contribution in [0.2, 0.25) is 0 Å². The largest absolute Gasteiger partial charge is 0.466 e. The van der Waals surface area contributed by atoms with Crippen LogP contribution in [0.1, 0.15) is 43.9 Å². The van der Waals surface area contributed by atoms with Gasteiger partial charge in [-0.25, -0.2) is 4.98 Å². The summed E-state index contributed by atoms with van der Waals surface area (Å²) in [5.41, 5.74) is 3.08. The maximum atomic E-state index is 11.4. The van der Waals surface area contributed by atoms with E-state index >= 15 is 0 Å². The van der Waals surface area contributed by atoms with E-state index in [1.165, 1.54) is 0 Å². The van der Waals surface area contributed by atoms with Crippen LogP contribution < -0.4 is 5.32 Å². The molecule has 0 atom stereocenters. The number of esters is 1. The van der Waals surface area contributed by atoms with Gasteiger partial charge in [0, 0.05) is 31.3 Å². The molecular weight excluding hydrogens is 324 g/mol.